The van der Waals surface area contributed by atoms with E-state index < -0.39 is 10.0 Å². The van der Waals surface area contributed by atoms with E-state index in [1.807, 2.05) is 57.2 Å². The van der Waals surface area contributed by atoms with Crippen LogP contribution in [0.4, 0.5) is 0 Å². The molecule has 0 atom stereocenters. The lowest BCUT2D eigenvalue weighted by atomic mass is 10.1. The fourth-order valence-corrected chi connectivity index (χ4v) is 5.69. The van der Waals surface area contributed by atoms with Crippen LogP contribution in [0.25, 0.3) is 11.4 Å². The van der Waals surface area contributed by atoms with E-state index in [2.05, 4.69) is 10.2 Å². The van der Waals surface area contributed by atoms with Gasteiger partial charge in [0.25, 0.3) is 0 Å². The molecule has 1 aliphatic heterocycles. The van der Waals surface area contributed by atoms with Crippen molar-refractivity contribution < 1.29 is 8.42 Å². The maximum atomic E-state index is 12.7. The van der Waals surface area contributed by atoms with Crippen molar-refractivity contribution in [3.63, 3.8) is 0 Å². The maximum Gasteiger partial charge on any atom is 0.243 e. The highest BCUT2D eigenvalue weighted by molar-refractivity contribution is 7.99. The van der Waals surface area contributed by atoms with Gasteiger partial charge in [0.1, 0.15) is 0 Å². The van der Waals surface area contributed by atoms with Gasteiger partial charge in [0.05, 0.1) is 10.6 Å². The summed E-state index contributed by atoms with van der Waals surface area (Å²) < 4.78 is 28.7. The van der Waals surface area contributed by atoms with Crippen molar-refractivity contribution in [3.05, 3.63) is 59.7 Å². The molecule has 9 heteroatoms. The van der Waals surface area contributed by atoms with Crippen LogP contribution in [-0.2, 0) is 10.0 Å². The Bertz CT molecular complexity index is 1200. The summed E-state index contributed by atoms with van der Waals surface area (Å²) in [6.45, 7) is 6.61. The normalized spacial score (nSPS) is 13.9. The number of thioether (sulfide) groups is 1. The Hall–Kier alpha value is -2.49. The SMILES string of the molecule is CCN(CC)S(=O)(=O)c1ccc(C2=Nn3c(nnc3-c3ccccc3C)SC2)cc1. The minimum Gasteiger partial charge on any atom is -0.207 e. The number of aryl methyl sites for hydroxylation is 1. The third kappa shape index (κ3) is 3.68. The van der Waals surface area contributed by atoms with E-state index in [1.54, 1.807) is 28.6 Å². The van der Waals surface area contributed by atoms with Gasteiger partial charge in [-0.15, -0.1) is 10.2 Å². The maximum absolute atomic E-state index is 12.7. The lowest BCUT2D eigenvalue weighted by molar-refractivity contribution is 0.445. The second-order valence-corrected chi connectivity index (χ2v) is 9.76. The number of fused-ring (bicyclic) bond motifs is 1. The van der Waals surface area contributed by atoms with Crippen LogP contribution in [0, 0.1) is 6.92 Å². The van der Waals surface area contributed by atoms with Gasteiger partial charge in [-0.3, -0.25) is 0 Å². The topological polar surface area (TPSA) is 80.5 Å². The van der Waals surface area contributed by atoms with Crippen LogP contribution >= 0.6 is 11.8 Å². The smallest absolute Gasteiger partial charge is 0.207 e. The average molecular weight is 442 g/mol. The van der Waals surface area contributed by atoms with Crippen molar-refractivity contribution in [1.82, 2.24) is 19.2 Å². The largest absolute Gasteiger partial charge is 0.243 e. The summed E-state index contributed by atoms with van der Waals surface area (Å²) in [7, 11) is -3.47. The highest BCUT2D eigenvalue weighted by Crippen LogP contribution is 2.30. The lowest BCUT2D eigenvalue weighted by Crippen LogP contribution is -2.30. The first-order valence-electron chi connectivity index (χ1n) is 9.78. The highest BCUT2D eigenvalue weighted by Gasteiger charge is 2.24. The number of sulfonamides is 1. The number of hydrogen-bond acceptors (Lipinski definition) is 6. The Morgan fingerprint density at radius 2 is 1.73 bits per heavy atom. The molecule has 0 bridgehead atoms. The van der Waals surface area contributed by atoms with Crippen LogP contribution in [0.15, 0.2) is 63.7 Å². The standard InChI is InChI=1S/C21H23N5O2S2/c1-4-25(5-2)30(27,28)17-12-10-16(11-13-17)19-14-29-21-23-22-20(26(21)24-19)18-9-7-6-8-15(18)3/h6-13H,4-5,14H2,1-3H3. The van der Waals surface area contributed by atoms with Gasteiger partial charge in [0.15, 0.2) is 5.82 Å². The summed E-state index contributed by atoms with van der Waals surface area (Å²) in [6.07, 6.45) is 0. The van der Waals surface area contributed by atoms with E-state index in [0.717, 1.165) is 27.6 Å². The first-order valence-corrected chi connectivity index (χ1v) is 12.2. The molecule has 7 nitrogen and oxygen atoms in total. The first kappa shape index (κ1) is 20.8. The molecule has 3 aromatic rings. The zero-order valence-corrected chi connectivity index (χ0v) is 18.7. The molecule has 0 spiro atoms. The van der Waals surface area contributed by atoms with Crippen molar-refractivity contribution in [2.24, 2.45) is 5.10 Å². The lowest BCUT2D eigenvalue weighted by Gasteiger charge is -2.19. The molecular formula is C21H23N5O2S2. The van der Waals surface area contributed by atoms with Crippen LogP contribution in [0.3, 0.4) is 0 Å². The molecule has 0 amide bonds. The average Bonchev–Trinajstić information content (AvgIpc) is 3.18. The number of benzene rings is 2. The summed E-state index contributed by atoms with van der Waals surface area (Å²) in [5.41, 5.74) is 3.83. The van der Waals surface area contributed by atoms with Crippen molar-refractivity contribution in [2.75, 3.05) is 18.8 Å². The molecule has 156 valence electrons. The molecule has 0 aliphatic carbocycles. The predicted octanol–water partition coefficient (Wildman–Crippen LogP) is 3.64. The minimum absolute atomic E-state index is 0.296. The van der Waals surface area contributed by atoms with Gasteiger partial charge in [0.2, 0.25) is 15.2 Å². The van der Waals surface area contributed by atoms with E-state index in [9.17, 15) is 8.42 Å². The van der Waals surface area contributed by atoms with E-state index >= 15 is 0 Å². The fraction of sp³-hybridized carbons (Fsp3) is 0.286. The molecule has 0 N–H and O–H groups in total. The number of aromatic nitrogens is 3. The second kappa shape index (κ2) is 8.33. The van der Waals surface area contributed by atoms with Gasteiger partial charge in [-0.2, -0.15) is 14.1 Å². The predicted molar refractivity (Wildman–Crippen MR) is 119 cm³/mol. The number of hydrogen-bond donors (Lipinski definition) is 0. The zero-order valence-electron chi connectivity index (χ0n) is 17.1. The number of nitrogens with zero attached hydrogens (tertiary/aromatic N) is 5. The highest BCUT2D eigenvalue weighted by atomic mass is 32.2. The molecule has 0 saturated heterocycles. The Kier molecular flexibility index (Phi) is 5.77. The van der Waals surface area contributed by atoms with Crippen LogP contribution in [0.2, 0.25) is 0 Å². The van der Waals surface area contributed by atoms with Gasteiger partial charge in [-0.05, 0) is 30.2 Å². The molecule has 0 saturated carbocycles. The van der Waals surface area contributed by atoms with E-state index in [-0.39, 0.29) is 0 Å². The fourth-order valence-electron chi connectivity index (χ4n) is 3.39. The summed E-state index contributed by atoms with van der Waals surface area (Å²) >= 11 is 1.57. The minimum atomic E-state index is -3.47. The third-order valence-corrected chi connectivity index (χ3v) is 8.08. The van der Waals surface area contributed by atoms with Crippen LogP contribution in [0.5, 0.6) is 0 Å². The van der Waals surface area contributed by atoms with Crippen LogP contribution in [-0.4, -0.2) is 52.2 Å². The Balaban J connectivity index is 1.69. The van der Waals surface area contributed by atoms with Gasteiger partial charge >= 0.3 is 0 Å². The van der Waals surface area contributed by atoms with Gasteiger partial charge < -0.3 is 0 Å². The van der Waals surface area contributed by atoms with Gasteiger partial charge in [0, 0.05) is 24.4 Å². The Morgan fingerprint density at radius 3 is 2.40 bits per heavy atom. The summed E-state index contributed by atoms with van der Waals surface area (Å²) in [5, 5.41) is 14.1. The monoisotopic (exact) mass is 441 g/mol. The summed E-state index contributed by atoms with van der Waals surface area (Å²) in [6, 6.07) is 14.9. The molecule has 0 unspecified atom stereocenters. The van der Waals surface area contributed by atoms with E-state index in [4.69, 9.17) is 5.10 Å². The van der Waals surface area contributed by atoms with Crippen molar-refractivity contribution in [3.8, 4) is 11.4 Å². The van der Waals surface area contributed by atoms with Gasteiger partial charge in [-0.1, -0.05) is 62.0 Å². The first-order chi connectivity index (χ1) is 14.5. The zero-order chi connectivity index (χ0) is 21.3. The quantitative estimate of drug-likeness (QED) is 0.583. The molecule has 4 rings (SSSR count). The van der Waals surface area contributed by atoms with E-state index in [0.29, 0.717) is 29.6 Å². The van der Waals surface area contributed by atoms with Crippen molar-refractivity contribution >= 4 is 27.5 Å². The molecule has 0 radical (unpaired) electrons. The van der Waals surface area contributed by atoms with Crippen LogP contribution in [0.1, 0.15) is 25.0 Å². The second-order valence-electron chi connectivity index (χ2n) is 6.88. The van der Waals surface area contributed by atoms with Crippen molar-refractivity contribution in [2.45, 2.75) is 30.8 Å². The molecular weight excluding hydrogens is 418 g/mol. The molecule has 30 heavy (non-hydrogen) atoms. The Morgan fingerprint density at radius 1 is 1.03 bits per heavy atom. The summed E-state index contributed by atoms with van der Waals surface area (Å²) in [4.78, 5) is 0.296. The third-order valence-electron chi connectivity index (χ3n) is 5.09. The molecule has 1 aliphatic rings. The van der Waals surface area contributed by atoms with Crippen molar-refractivity contribution in [1.29, 1.82) is 0 Å². The van der Waals surface area contributed by atoms with E-state index in [1.165, 1.54) is 4.31 Å². The molecule has 2 aromatic carbocycles. The summed E-state index contributed by atoms with van der Waals surface area (Å²) in [5.74, 6) is 1.35. The molecule has 0 fully saturated rings. The Labute approximate surface area is 180 Å². The van der Waals surface area contributed by atoms with Crippen LogP contribution < -0.4 is 0 Å². The number of rotatable bonds is 6. The molecule has 1 aromatic heterocycles. The van der Waals surface area contributed by atoms with Gasteiger partial charge in [-0.25, -0.2) is 8.42 Å². The molecule has 2 heterocycles.